The summed E-state index contributed by atoms with van der Waals surface area (Å²) >= 11 is 0. The maximum atomic E-state index is 12.8. The number of amides is 1. The Bertz CT molecular complexity index is 1520. The molecule has 1 amide bonds. The number of nitrogens with zero attached hydrogens (tertiary/aromatic N) is 6. The first-order valence-electron chi connectivity index (χ1n) is 11.4. The summed E-state index contributed by atoms with van der Waals surface area (Å²) in [6.45, 7) is 3.19. The minimum Gasteiger partial charge on any atom is -0.339 e. The molecule has 0 atom stereocenters. The summed E-state index contributed by atoms with van der Waals surface area (Å²) in [4.78, 5) is 44.2. The van der Waals surface area contributed by atoms with Crippen LogP contribution in [0.1, 0.15) is 29.0 Å². The summed E-state index contributed by atoms with van der Waals surface area (Å²) in [5.74, 6) is 0.199. The summed E-state index contributed by atoms with van der Waals surface area (Å²) in [7, 11) is 1.37. The Balaban J connectivity index is 1.33. The van der Waals surface area contributed by atoms with E-state index < -0.39 is 11.2 Å². The number of rotatable bonds is 5. The Morgan fingerprint density at radius 2 is 1.80 bits per heavy atom. The second-order valence-corrected chi connectivity index (χ2v) is 8.59. The molecular weight excluding hydrogens is 448 g/mol. The average Bonchev–Trinajstić information content (AvgIpc) is 3.35. The van der Waals surface area contributed by atoms with Crippen LogP contribution in [0.15, 0.2) is 62.6 Å². The zero-order valence-electron chi connectivity index (χ0n) is 19.5. The van der Waals surface area contributed by atoms with Gasteiger partial charge in [-0.2, -0.15) is 14.8 Å². The molecule has 10 heteroatoms. The van der Waals surface area contributed by atoms with E-state index in [1.54, 1.807) is 12.1 Å². The zero-order chi connectivity index (χ0) is 24.5. The zero-order valence-corrected chi connectivity index (χ0v) is 19.5. The van der Waals surface area contributed by atoms with Gasteiger partial charge in [-0.3, -0.25) is 14.2 Å². The highest BCUT2D eigenvalue weighted by Gasteiger charge is 2.22. The van der Waals surface area contributed by atoms with Crippen LogP contribution in [0.3, 0.4) is 0 Å². The van der Waals surface area contributed by atoms with Crippen LogP contribution in [0, 0.1) is 6.92 Å². The largest absolute Gasteiger partial charge is 0.351 e. The van der Waals surface area contributed by atoms with Crippen LogP contribution in [0.2, 0.25) is 0 Å². The first-order chi connectivity index (χ1) is 16.9. The lowest BCUT2D eigenvalue weighted by Gasteiger charge is -2.28. The molecule has 178 valence electrons. The highest BCUT2D eigenvalue weighted by Crippen LogP contribution is 2.19. The molecule has 3 heterocycles. The number of fused-ring (bicyclic) bond motifs is 1. The van der Waals surface area contributed by atoms with Crippen LogP contribution in [0.4, 0.5) is 0 Å². The maximum Gasteiger partial charge on any atom is 0.351 e. The van der Waals surface area contributed by atoms with E-state index in [1.165, 1.54) is 12.6 Å². The quantitative estimate of drug-likeness (QED) is 0.435. The summed E-state index contributed by atoms with van der Waals surface area (Å²) < 4.78 is 7.38. The van der Waals surface area contributed by atoms with Crippen molar-refractivity contribution >= 4 is 5.91 Å². The minimum absolute atomic E-state index is 0.00112. The normalized spacial score (nSPS) is 13.0. The van der Waals surface area contributed by atoms with Crippen molar-refractivity contribution in [3.8, 4) is 17.2 Å². The Morgan fingerprint density at radius 3 is 2.57 bits per heavy atom. The standard InChI is InChI=1S/C25H24N6O4/c1-16-7-9-19(10-8-16)31-25(34)29(2)24(33)22(27-31)23-26-20(35-28-23)11-12-21(32)30-14-13-17-5-3-4-6-18(17)15-30/h3-10H,11-15H2,1-2H3. The van der Waals surface area contributed by atoms with Crippen LogP contribution in [-0.4, -0.2) is 41.8 Å². The lowest BCUT2D eigenvalue weighted by Crippen LogP contribution is -2.40. The molecule has 0 saturated carbocycles. The number of carbonyl (C=O) groups is 1. The molecule has 0 radical (unpaired) electrons. The van der Waals surface area contributed by atoms with E-state index in [1.807, 2.05) is 42.2 Å². The first-order valence-corrected chi connectivity index (χ1v) is 11.4. The molecule has 4 aromatic rings. The third-order valence-electron chi connectivity index (χ3n) is 6.17. The van der Waals surface area contributed by atoms with Crippen molar-refractivity contribution in [3.05, 3.63) is 92.0 Å². The summed E-state index contributed by atoms with van der Waals surface area (Å²) in [6.07, 6.45) is 1.28. The van der Waals surface area contributed by atoms with E-state index in [-0.39, 0.29) is 36.2 Å². The van der Waals surface area contributed by atoms with E-state index in [9.17, 15) is 14.4 Å². The van der Waals surface area contributed by atoms with Crippen LogP contribution < -0.4 is 11.2 Å². The van der Waals surface area contributed by atoms with Gasteiger partial charge in [-0.25, -0.2) is 4.79 Å². The number of aromatic nitrogens is 5. The Kier molecular flexibility index (Phi) is 5.86. The van der Waals surface area contributed by atoms with Crippen LogP contribution in [-0.2, 0) is 31.2 Å². The molecular formula is C25H24N6O4. The van der Waals surface area contributed by atoms with Gasteiger partial charge in [0.25, 0.3) is 5.56 Å². The second-order valence-electron chi connectivity index (χ2n) is 8.59. The smallest absolute Gasteiger partial charge is 0.339 e. The van der Waals surface area contributed by atoms with Crippen molar-refractivity contribution in [1.29, 1.82) is 0 Å². The lowest BCUT2D eigenvalue weighted by atomic mass is 9.99. The summed E-state index contributed by atoms with van der Waals surface area (Å²) in [5.41, 5.74) is 2.65. The predicted molar refractivity (Wildman–Crippen MR) is 127 cm³/mol. The van der Waals surface area contributed by atoms with Crippen molar-refractivity contribution in [3.63, 3.8) is 0 Å². The molecule has 0 bridgehead atoms. The third-order valence-corrected chi connectivity index (χ3v) is 6.17. The molecule has 0 spiro atoms. The average molecular weight is 473 g/mol. The summed E-state index contributed by atoms with van der Waals surface area (Å²) in [5, 5.41) is 8.10. The SMILES string of the molecule is Cc1ccc(-n2nc(-c3noc(CCC(=O)N4CCc5ccccc5C4)n3)c(=O)n(C)c2=O)cc1. The molecule has 10 nitrogen and oxygen atoms in total. The van der Waals surface area contributed by atoms with Crippen LogP contribution in [0.5, 0.6) is 0 Å². The van der Waals surface area contributed by atoms with E-state index in [0.717, 1.165) is 26.8 Å². The van der Waals surface area contributed by atoms with Gasteiger partial charge in [0.05, 0.1) is 5.69 Å². The minimum atomic E-state index is -0.631. The molecule has 2 aromatic heterocycles. The van der Waals surface area contributed by atoms with Crippen molar-refractivity contribution in [2.75, 3.05) is 6.54 Å². The van der Waals surface area contributed by atoms with E-state index in [0.29, 0.717) is 18.8 Å². The fourth-order valence-electron chi connectivity index (χ4n) is 4.10. The van der Waals surface area contributed by atoms with Gasteiger partial charge in [0, 0.05) is 33.0 Å². The Labute approximate surface area is 200 Å². The number of carbonyl (C=O) groups excluding carboxylic acids is 1. The van der Waals surface area contributed by atoms with Gasteiger partial charge in [-0.1, -0.05) is 47.1 Å². The second kappa shape index (κ2) is 9.13. The molecule has 5 rings (SSSR count). The Hall–Kier alpha value is -4.34. The highest BCUT2D eigenvalue weighted by molar-refractivity contribution is 5.76. The van der Waals surface area contributed by atoms with Gasteiger partial charge in [0.2, 0.25) is 17.6 Å². The predicted octanol–water partition coefficient (Wildman–Crippen LogP) is 1.81. The molecule has 1 aliphatic rings. The van der Waals surface area contributed by atoms with Gasteiger partial charge >= 0.3 is 5.69 Å². The maximum absolute atomic E-state index is 12.8. The third kappa shape index (κ3) is 4.42. The molecule has 0 fully saturated rings. The fourth-order valence-corrected chi connectivity index (χ4v) is 4.10. The van der Waals surface area contributed by atoms with Crippen molar-refractivity contribution in [2.45, 2.75) is 32.7 Å². The molecule has 0 unspecified atom stereocenters. The molecule has 2 aromatic carbocycles. The number of benzene rings is 2. The molecule has 1 aliphatic heterocycles. The molecule has 35 heavy (non-hydrogen) atoms. The monoisotopic (exact) mass is 472 g/mol. The first kappa shape index (κ1) is 22.5. The van der Waals surface area contributed by atoms with E-state index in [2.05, 4.69) is 21.3 Å². The topological polar surface area (TPSA) is 116 Å². The molecule has 0 N–H and O–H groups in total. The van der Waals surface area contributed by atoms with Gasteiger partial charge < -0.3 is 9.42 Å². The van der Waals surface area contributed by atoms with Gasteiger partial charge in [0.1, 0.15) is 0 Å². The molecule has 0 saturated heterocycles. The van der Waals surface area contributed by atoms with Crippen LogP contribution >= 0.6 is 0 Å². The highest BCUT2D eigenvalue weighted by atomic mass is 16.5. The van der Waals surface area contributed by atoms with E-state index >= 15 is 0 Å². The number of hydrogen-bond acceptors (Lipinski definition) is 7. The number of aryl methyl sites for hydroxylation is 2. The fraction of sp³-hybridized carbons (Fsp3) is 0.280. The van der Waals surface area contributed by atoms with Crippen molar-refractivity contribution in [2.24, 2.45) is 7.05 Å². The van der Waals surface area contributed by atoms with Crippen LogP contribution in [0.25, 0.3) is 17.2 Å². The summed E-state index contributed by atoms with van der Waals surface area (Å²) in [6, 6.07) is 15.3. The van der Waals surface area contributed by atoms with Crippen molar-refractivity contribution in [1.82, 2.24) is 29.4 Å². The van der Waals surface area contributed by atoms with E-state index in [4.69, 9.17) is 4.52 Å². The number of hydrogen-bond donors (Lipinski definition) is 0. The van der Waals surface area contributed by atoms with Crippen molar-refractivity contribution < 1.29 is 9.32 Å². The van der Waals surface area contributed by atoms with Gasteiger partial charge in [0.15, 0.2) is 5.69 Å². The van der Waals surface area contributed by atoms with Gasteiger partial charge in [-0.05, 0) is 36.6 Å². The lowest BCUT2D eigenvalue weighted by molar-refractivity contribution is -0.132. The Morgan fingerprint density at radius 1 is 1.06 bits per heavy atom. The molecule has 0 aliphatic carbocycles. The van der Waals surface area contributed by atoms with Gasteiger partial charge in [-0.15, -0.1) is 0 Å².